The number of Topliss-reactive ketones (excluding diaryl/α,β-unsaturated/α-hetero) is 1. The lowest BCUT2D eigenvalue weighted by Crippen LogP contribution is -2.23. The Morgan fingerprint density at radius 1 is 0.726 bits per heavy atom. The molecule has 0 atom stereocenters. The van der Waals surface area contributed by atoms with Crippen LogP contribution in [0.1, 0.15) is 60.0 Å². The number of nitrogens with one attached hydrogen (secondary N) is 1. The number of ketones is 1. The second kappa shape index (κ2) is 21.3. The average Bonchev–Trinajstić information content (AvgIpc) is 3.89. The predicted molar refractivity (Wildman–Crippen MR) is 235 cm³/mol. The number of hydrogen-bond acceptors (Lipinski definition) is 16. The zero-order valence-electron chi connectivity index (χ0n) is 35.0. The first-order valence-electron chi connectivity index (χ1n) is 19.2. The Morgan fingerprint density at radius 3 is 1.69 bits per heavy atom. The summed E-state index contributed by atoms with van der Waals surface area (Å²) in [4.78, 5) is 35.5. The number of aromatic nitrogens is 1. The normalized spacial score (nSPS) is 13.1. The maximum absolute atomic E-state index is 13.2. The number of ether oxygens (including phenoxy) is 3. The number of amides is 1. The van der Waals surface area contributed by atoms with Crippen molar-refractivity contribution in [1.29, 1.82) is 0 Å². The molecule has 0 radical (unpaired) electrons. The van der Waals surface area contributed by atoms with E-state index in [0.29, 0.717) is 50.9 Å². The smallest absolute Gasteiger partial charge is 0.336 e. The molecule has 2 heterocycles. The first-order chi connectivity index (χ1) is 29.4. The quantitative estimate of drug-likeness (QED) is 0.0644. The van der Waals surface area contributed by atoms with Crippen LogP contribution in [0.25, 0.3) is 0 Å². The van der Waals surface area contributed by atoms with Crippen molar-refractivity contribution in [2.45, 2.75) is 49.6 Å². The summed E-state index contributed by atoms with van der Waals surface area (Å²) in [5, 5.41) is 6.61. The molecular weight excluding hydrogens is 882 g/mol. The molecule has 1 fully saturated rings. The van der Waals surface area contributed by atoms with Crippen LogP contribution >= 0.6 is 18.9 Å². The molecule has 1 aromatic heterocycles. The minimum Gasteiger partial charge on any atom is -0.497 e. The highest BCUT2D eigenvalue weighted by atomic mass is 32.2. The van der Waals surface area contributed by atoms with E-state index in [-0.39, 0.29) is 40.5 Å². The number of rotatable bonds is 18. The molecule has 6 rings (SSSR count). The highest BCUT2D eigenvalue weighted by Crippen LogP contribution is 2.51. The summed E-state index contributed by atoms with van der Waals surface area (Å²) in [6.07, 6.45) is 4.31. The lowest BCUT2D eigenvalue weighted by Gasteiger charge is -2.17. The number of carbonyl (C=O) groups excluding carboxylic acids is 2. The fourth-order valence-electron chi connectivity index (χ4n) is 5.80. The van der Waals surface area contributed by atoms with Crippen LogP contribution in [0.15, 0.2) is 100 Å². The van der Waals surface area contributed by atoms with Crippen molar-refractivity contribution in [1.82, 2.24) is 10.0 Å². The van der Waals surface area contributed by atoms with Crippen molar-refractivity contribution in [3.63, 3.8) is 0 Å². The van der Waals surface area contributed by atoms with Crippen LogP contribution in [0.5, 0.6) is 34.5 Å². The third-order valence-electron chi connectivity index (χ3n) is 8.72. The second-order valence-corrected chi connectivity index (χ2v) is 20.7. The molecule has 332 valence electrons. The molecule has 20 heteroatoms. The van der Waals surface area contributed by atoms with Crippen LogP contribution < -0.4 is 24.4 Å². The van der Waals surface area contributed by atoms with Gasteiger partial charge in [0.15, 0.2) is 36.3 Å². The largest absolute Gasteiger partial charge is 0.497 e. The SMILES string of the molecule is CCOP(=O)(Cc1csc(NC(=O)c2cc(Oc3ccc(S(C)(=O)=O)cc3)cc(ON3CCCC3)c2)n1)OCC.COc1cc(Oc2ccc(S(C)(=O)=O)cc2)cc(C(C)=O)c1. The van der Waals surface area contributed by atoms with Gasteiger partial charge in [-0.15, -0.1) is 16.4 Å². The lowest BCUT2D eigenvalue weighted by molar-refractivity contribution is -0.0348. The van der Waals surface area contributed by atoms with Crippen molar-refractivity contribution in [3.8, 4) is 34.5 Å². The highest BCUT2D eigenvalue weighted by Gasteiger charge is 2.26. The van der Waals surface area contributed by atoms with Crippen molar-refractivity contribution >= 4 is 55.4 Å². The van der Waals surface area contributed by atoms with Crippen LogP contribution in [-0.2, 0) is 39.4 Å². The average molecular weight is 930 g/mol. The van der Waals surface area contributed by atoms with Crippen molar-refractivity contribution in [2.24, 2.45) is 0 Å². The van der Waals surface area contributed by atoms with Gasteiger partial charge in [0.1, 0.15) is 28.7 Å². The van der Waals surface area contributed by atoms with Gasteiger partial charge in [-0.3, -0.25) is 19.5 Å². The summed E-state index contributed by atoms with van der Waals surface area (Å²) in [5.41, 5.74) is 1.23. The van der Waals surface area contributed by atoms with Crippen molar-refractivity contribution in [2.75, 3.05) is 51.2 Å². The minimum atomic E-state index is -3.34. The molecule has 1 aliphatic heterocycles. The topological polar surface area (TPSA) is 203 Å². The molecule has 0 aliphatic carbocycles. The Bertz CT molecular complexity index is 2600. The Morgan fingerprint density at radius 2 is 1.21 bits per heavy atom. The highest BCUT2D eigenvalue weighted by molar-refractivity contribution is 7.91. The maximum atomic E-state index is 13.2. The molecule has 1 saturated heterocycles. The minimum absolute atomic E-state index is 0.00365. The fraction of sp³-hybridized carbons (Fsp3) is 0.310. The lowest BCUT2D eigenvalue weighted by atomic mass is 10.1. The predicted octanol–water partition coefficient (Wildman–Crippen LogP) is 8.84. The van der Waals surface area contributed by atoms with Gasteiger partial charge in [-0.1, -0.05) is 0 Å². The molecule has 62 heavy (non-hydrogen) atoms. The molecule has 16 nitrogen and oxygen atoms in total. The zero-order chi connectivity index (χ0) is 45.1. The summed E-state index contributed by atoms with van der Waals surface area (Å²) in [6, 6.07) is 21.8. The Hall–Kier alpha value is -5.14. The van der Waals surface area contributed by atoms with E-state index >= 15 is 0 Å². The molecule has 1 amide bonds. The zero-order valence-corrected chi connectivity index (χ0v) is 38.3. The molecule has 0 spiro atoms. The van der Waals surface area contributed by atoms with Gasteiger partial charge in [0.25, 0.3) is 5.91 Å². The number of hydrogen-bond donors (Lipinski definition) is 1. The van der Waals surface area contributed by atoms with E-state index in [9.17, 15) is 31.0 Å². The van der Waals surface area contributed by atoms with E-state index in [1.165, 1.54) is 49.6 Å². The monoisotopic (exact) mass is 929 g/mol. The Kier molecular flexibility index (Phi) is 16.4. The first kappa shape index (κ1) is 47.9. The van der Waals surface area contributed by atoms with Gasteiger partial charge >= 0.3 is 7.60 Å². The van der Waals surface area contributed by atoms with Crippen molar-refractivity contribution < 1.29 is 59.1 Å². The van der Waals surface area contributed by atoms with Gasteiger partial charge in [0.2, 0.25) is 0 Å². The van der Waals surface area contributed by atoms with Gasteiger partial charge in [0, 0.05) is 54.2 Å². The number of benzene rings is 4. The molecule has 0 bridgehead atoms. The van der Waals surface area contributed by atoms with E-state index in [2.05, 4.69) is 10.3 Å². The fourth-order valence-corrected chi connectivity index (χ4v) is 9.50. The Labute approximate surface area is 365 Å². The van der Waals surface area contributed by atoms with Crippen LogP contribution in [0.3, 0.4) is 0 Å². The molecule has 1 aliphatic rings. The van der Waals surface area contributed by atoms with Crippen LogP contribution in [0.4, 0.5) is 5.13 Å². The van der Waals surface area contributed by atoms with Gasteiger partial charge in [-0.2, -0.15) is 0 Å². The number of nitrogens with zero attached hydrogens (tertiary/aromatic N) is 2. The van der Waals surface area contributed by atoms with Crippen LogP contribution in [-0.4, -0.2) is 84.5 Å². The summed E-state index contributed by atoms with van der Waals surface area (Å²) in [6.45, 7) is 6.97. The first-order valence-corrected chi connectivity index (χ1v) is 25.6. The van der Waals surface area contributed by atoms with Gasteiger partial charge in [0.05, 0.1) is 42.0 Å². The summed E-state index contributed by atoms with van der Waals surface area (Å²) >= 11 is 1.19. The van der Waals surface area contributed by atoms with E-state index < -0.39 is 33.2 Å². The Balaban J connectivity index is 0.000000278. The molecule has 1 N–H and O–H groups in total. The van der Waals surface area contributed by atoms with Gasteiger partial charge in [-0.05, 0) is 106 Å². The van der Waals surface area contributed by atoms with Crippen molar-refractivity contribution in [3.05, 3.63) is 107 Å². The van der Waals surface area contributed by atoms with E-state index in [0.717, 1.165) is 38.4 Å². The maximum Gasteiger partial charge on any atom is 0.336 e. The summed E-state index contributed by atoms with van der Waals surface area (Å²) < 4.78 is 86.6. The van der Waals surface area contributed by atoms with Crippen LogP contribution in [0.2, 0.25) is 0 Å². The molecular formula is C42H48N3O13PS3. The van der Waals surface area contributed by atoms with E-state index in [1.807, 2.05) is 5.06 Å². The van der Waals surface area contributed by atoms with E-state index in [4.69, 9.17) is 28.1 Å². The standard InChI is InChI=1S/C26H32N3O8PS2.C16H16O5S/c1-4-34-38(31,35-5-2)17-20-18-39-26(27-20)28-25(30)19-14-22(16-23(15-19)37-29-12-6-7-13-29)36-21-8-10-24(11-9-21)40(3,32)33;1-11(17)12-8-14(20-2)10-15(9-12)21-13-4-6-16(7-5-13)22(3,18)19/h8-11,14-16,18H,4-7,12-13,17H2,1-3H3,(H,27,28,30);4-10H,1-3H3. The number of carbonyl (C=O) groups is 2. The van der Waals surface area contributed by atoms with Crippen LogP contribution in [0, 0.1) is 0 Å². The molecule has 0 saturated carbocycles. The van der Waals surface area contributed by atoms with Gasteiger partial charge < -0.3 is 28.1 Å². The summed E-state index contributed by atoms with van der Waals surface area (Å²) in [5.74, 6) is 2.03. The molecule has 5 aromatic rings. The third-order valence-corrected chi connectivity index (χ3v) is 13.8. The number of thiazole rings is 1. The van der Waals surface area contributed by atoms with E-state index in [1.54, 1.807) is 79.9 Å². The molecule has 4 aromatic carbocycles. The summed E-state index contributed by atoms with van der Waals surface area (Å²) in [7, 11) is -8.41. The number of hydroxylamine groups is 2. The second-order valence-electron chi connectivity index (χ2n) is 13.8. The third kappa shape index (κ3) is 14.2. The van der Waals surface area contributed by atoms with Gasteiger partial charge in [-0.25, -0.2) is 21.8 Å². The number of anilines is 1. The number of methoxy groups -OCH3 is 1. The molecule has 0 unspecified atom stereocenters. The number of sulfone groups is 2.